The Morgan fingerprint density at radius 3 is 2.73 bits per heavy atom. The number of carbonyl (C=O) groups is 1. The molecular weight excluding hydrogens is 298 g/mol. The van der Waals surface area contributed by atoms with E-state index in [-0.39, 0.29) is 12.0 Å². The van der Waals surface area contributed by atoms with E-state index < -0.39 is 0 Å². The molecule has 1 aromatic rings. The van der Waals surface area contributed by atoms with Gasteiger partial charge in [-0.05, 0) is 18.4 Å². The minimum Gasteiger partial charge on any atom is -0.375 e. The van der Waals surface area contributed by atoms with Gasteiger partial charge in [-0.2, -0.15) is 0 Å². The summed E-state index contributed by atoms with van der Waals surface area (Å²) in [4.78, 5) is 12.0. The molecule has 0 heterocycles. The lowest BCUT2D eigenvalue weighted by Crippen LogP contribution is -2.29. The Kier molecular flexibility index (Phi) is 7.20. The fourth-order valence-corrected chi connectivity index (χ4v) is 3.42. The number of hydrogen-bond acceptors (Lipinski definition) is 2. The van der Waals surface area contributed by atoms with Crippen LogP contribution in [0.25, 0.3) is 0 Å². The van der Waals surface area contributed by atoms with Crippen LogP contribution in [0.3, 0.4) is 0 Å². The van der Waals surface area contributed by atoms with Crippen LogP contribution in [0, 0.1) is 5.92 Å². The van der Waals surface area contributed by atoms with E-state index in [9.17, 15) is 4.79 Å². The van der Waals surface area contributed by atoms with Crippen molar-refractivity contribution in [2.45, 2.75) is 51.0 Å². The zero-order valence-corrected chi connectivity index (χ0v) is 14.1. The predicted molar refractivity (Wildman–Crippen MR) is 90.0 cm³/mol. The molecule has 1 atom stereocenters. The Hall–Kier alpha value is -1.06. The zero-order valence-electron chi connectivity index (χ0n) is 13.3. The molecular formula is C18H26ClNO2. The third kappa shape index (κ3) is 5.29. The lowest BCUT2D eigenvalue weighted by molar-refractivity contribution is -0.122. The number of methoxy groups -OCH3 is 1. The summed E-state index contributed by atoms with van der Waals surface area (Å²) in [5, 5.41) is 3.65. The summed E-state index contributed by atoms with van der Waals surface area (Å²) < 4.78 is 5.46. The van der Waals surface area contributed by atoms with Crippen molar-refractivity contribution in [1.82, 2.24) is 5.32 Å². The molecule has 3 nitrogen and oxygen atoms in total. The molecule has 0 radical (unpaired) electrons. The van der Waals surface area contributed by atoms with Crippen LogP contribution in [0.5, 0.6) is 0 Å². The first kappa shape index (κ1) is 17.3. The fraction of sp³-hybridized carbons (Fsp3) is 0.611. The summed E-state index contributed by atoms with van der Waals surface area (Å²) in [5.74, 6) is 0.848. The van der Waals surface area contributed by atoms with Crippen molar-refractivity contribution in [2.75, 3.05) is 13.7 Å². The Labute approximate surface area is 138 Å². The van der Waals surface area contributed by atoms with Crippen LogP contribution < -0.4 is 5.32 Å². The Morgan fingerprint density at radius 1 is 1.32 bits per heavy atom. The molecule has 1 N–H and O–H groups in total. The number of nitrogens with one attached hydrogen (secondary N) is 1. The van der Waals surface area contributed by atoms with Crippen LogP contribution in [0.1, 0.15) is 56.6 Å². The molecule has 22 heavy (non-hydrogen) atoms. The van der Waals surface area contributed by atoms with Gasteiger partial charge in [0.05, 0.1) is 0 Å². The number of carbonyl (C=O) groups excluding carboxylic acids is 1. The van der Waals surface area contributed by atoms with Crippen molar-refractivity contribution in [3.8, 4) is 0 Å². The first-order valence-electron chi connectivity index (χ1n) is 8.24. The third-order valence-electron chi connectivity index (χ3n) is 4.53. The number of hydrogen-bond donors (Lipinski definition) is 1. The Balaban J connectivity index is 1.75. The van der Waals surface area contributed by atoms with Gasteiger partial charge in [-0.15, -0.1) is 0 Å². The fourth-order valence-electron chi connectivity index (χ4n) is 3.16. The van der Waals surface area contributed by atoms with Crippen LogP contribution >= 0.6 is 11.6 Å². The molecule has 0 aromatic heterocycles. The second-order valence-electron chi connectivity index (χ2n) is 6.09. The average molecular weight is 324 g/mol. The van der Waals surface area contributed by atoms with E-state index in [4.69, 9.17) is 16.3 Å². The maximum Gasteiger partial charge on any atom is 0.220 e. The molecule has 1 aromatic carbocycles. The summed E-state index contributed by atoms with van der Waals surface area (Å²) >= 11 is 6.18. The summed E-state index contributed by atoms with van der Waals surface area (Å²) in [6, 6.07) is 7.60. The minimum absolute atomic E-state index is 0.111. The van der Waals surface area contributed by atoms with Crippen LogP contribution in [-0.2, 0) is 9.53 Å². The molecule has 0 aliphatic heterocycles. The minimum atomic E-state index is -0.202. The van der Waals surface area contributed by atoms with Gasteiger partial charge in [0, 0.05) is 30.7 Å². The smallest absolute Gasteiger partial charge is 0.220 e. The van der Waals surface area contributed by atoms with Gasteiger partial charge in [-0.1, -0.05) is 61.9 Å². The van der Waals surface area contributed by atoms with E-state index in [2.05, 4.69) is 5.32 Å². The Bertz CT molecular complexity index is 472. The first-order chi connectivity index (χ1) is 10.7. The lowest BCUT2D eigenvalue weighted by Gasteiger charge is -2.21. The molecule has 0 bridgehead atoms. The highest BCUT2D eigenvalue weighted by Gasteiger charge is 2.17. The van der Waals surface area contributed by atoms with E-state index in [1.165, 1.54) is 32.1 Å². The third-order valence-corrected chi connectivity index (χ3v) is 4.87. The highest BCUT2D eigenvalue weighted by molar-refractivity contribution is 6.31. The summed E-state index contributed by atoms with van der Waals surface area (Å²) in [6.07, 6.45) is 8.00. The van der Waals surface area contributed by atoms with Gasteiger partial charge < -0.3 is 10.1 Å². The average Bonchev–Trinajstić information content (AvgIpc) is 2.56. The van der Waals surface area contributed by atoms with Gasteiger partial charge in [0.1, 0.15) is 6.10 Å². The van der Waals surface area contributed by atoms with Crippen molar-refractivity contribution in [3.63, 3.8) is 0 Å². The van der Waals surface area contributed by atoms with E-state index in [0.717, 1.165) is 17.9 Å². The predicted octanol–water partition coefficient (Wildman–Crippen LogP) is 4.50. The summed E-state index contributed by atoms with van der Waals surface area (Å²) in [6.45, 7) is 0.462. The number of ether oxygens (including phenoxy) is 1. The normalized spacial score (nSPS) is 17.2. The van der Waals surface area contributed by atoms with E-state index in [1.54, 1.807) is 7.11 Å². The molecule has 0 saturated heterocycles. The number of benzene rings is 1. The van der Waals surface area contributed by atoms with Crippen molar-refractivity contribution in [3.05, 3.63) is 34.9 Å². The molecule has 1 aliphatic rings. The molecule has 4 heteroatoms. The molecule has 1 unspecified atom stereocenters. The monoisotopic (exact) mass is 323 g/mol. The van der Waals surface area contributed by atoms with Gasteiger partial charge in [-0.25, -0.2) is 0 Å². The van der Waals surface area contributed by atoms with Gasteiger partial charge in [-0.3, -0.25) is 4.79 Å². The summed E-state index contributed by atoms with van der Waals surface area (Å²) in [7, 11) is 1.64. The largest absolute Gasteiger partial charge is 0.375 e. The second kappa shape index (κ2) is 9.16. The van der Waals surface area contributed by atoms with Gasteiger partial charge in [0.25, 0.3) is 0 Å². The van der Waals surface area contributed by atoms with E-state index >= 15 is 0 Å². The van der Waals surface area contributed by atoms with Crippen molar-refractivity contribution in [2.24, 2.45) is 5.92 Å². The molecule has 0 spiro atoms. The standard InChI is InChI=1S/C18H26ClNO2/c1-22-17(15-9-5-6-10-16(15)19)13-20-18(21)12-11-14-7-3-2-4-8-14/h5-6,9-10,14,17H,2-4,7-8,11-13H2,1H3,(H,20,21). The molecule has 122 valence electrons. The van der Waals surface area contributed by atoms with Crippen LogP contribution in [0.2, 0.25) is 5.02 Å². The van der Waals surface area contributed by atoms with Gasteiger partial charge >= 0.3 is 0 Å². The zero-order chi connectivity index (χ0) is 15.8. The topological polar surface area (TPSA) is 38.3 Å². The Morgan fingerprint density at radius 2 is 2.05 bits per heavy atom. The van der Waals surface area contributed by atoms with Crippen molar-refractivity contribution >= 4 is 17.5 Å². The maximum atomic E-state index is 12.0. The van der Waals surface area contributed by atoms with Crippen molar-refractivity contribution in [1.29, 1.82) is 0 Å². The van der Waals surface area contributed by atoms with E-state index in [1.807, 2.05) is 24.3 Å². The second-order valence-corrected chi connectivity index (χ2v) is 6.50. The lowest BCUT2D eigenvalue weighted by atomic mass is 9.86. The van der Waals surface area contributed by atoms with Crippen molar-refractivity contribution < 1.29 is 9.53 Å². The van der Waals surface area contributed by atoms with Crippen LogP contribution in [-0.4, -0.2) is 19.6 Å². The highest BCUT2D eigenvalue weighted by Crippen LogP contribution is 2.27. The SMILES string of the molecule is COC(CNC(=O)CCC1CCCCC1)c1ccccc1Cl. The molecule has 1 saturated carbocycles. The molecule has 1 aliphatic carbocycles. The number of amides is 1. The molecule has 2 rings (SSSR count). The van der Waals surface area contributed by atoms with Gasteiger partial charge in [0.15, 0.2) is 0 Å². The first-order valence-corrected chi connectivity index (χ1v) is 8.62. The van der Waals surface area contributed by atoms with E-state index in [0.29, 0.717) is 18.0 Å². The number of halogens is 1. The van der Waals surface area contributed by atoms with Crippen LogP contribution in [0.15, 0.2) is 24.3 Å². The van der Waals surface area contributed by atoms with Gasteiger partial charge in [0.2, 0.25) is 5.91 Å². The quantitative estimate of drug-likeness (QED) is 0.802. The number of rotatable bonds is 7. The molecule has 1 fully saturated rings. The highest BCUT2D eigenvalue weighted by atomic mass is 35.5. The molecule has 1 amide bonds. The van der Waals surface area contributed by atoms with Crippen LogP contribution in [0.4, 0.5) is 0 Å². The maximum absolute atomic E-state index is 12.0. The summed E-state index contributed by atoms with van der Waals surface area (Å²) in [5.41, 5.74) is 0.916.